The molecule has 10 nitrogen and oxygen atoms in total. The summed E-state index contributed by atoms with van der Waals surface area (Å²) in [4.78, 5) is 51.9. The van der Waals surface area contributed by atoms with Crippen LogP contribution in [0.1, 0.15) is 63.1 Å². The van der Waals surface area contributed by atoms with Crippen LogP contribution in [0.3, 0.4) is 0 Å². The Kier molecular flexibility index (Phi) is 11.4. The van der Waals surface area contributed by atoms with Crippen molar-refractivity contribution in [3.63, 3.8) is 0 Å². The predicted molar refractivity (Wildman–Crippen MR) is 157 cm³/mol. The molecule has 3 rings (SSSR count). The quantitative estimate of drug-likeness (QED) is 0.303. The third-order valence-corrected chi connectivity index (χ3v) is 7.17. The molecule has 42 heavy (non-hydrogen) atoms. The van der Waals surface area contributed by atoms with E-state index in [0.717, 1.165) is 5.56 Å². The van der Waals surface area contributed by atoms with Crippen molar-refractivity contribution >= 4 is 23.6 Å². The number of aromatic hydroxyl groups is 1. The Labute approximate surface area is 246 Å². The van der Waals surface area contributed by atoms with E-state index >= 15 is 0 Å². The summed E-state index contributed by atoms with van der Waals surface area (Å²) in [5.41, 5.74) is 7.85. The molecule has 1 saturated heterocycles. The summed E-state index contributed by atoms with van der Waals surface area (Å²) in [6.45, 7) is 6.37. The Bertz CT molecular complexity index is 1260. The summed E-state index contributed by atoms with van der Waals surface area (Å²) in [5, 5.41) is 21.4. The van der Waals surface area contributed by atoms with Gasteiger partial charge in [0.15, 0.2) is 0 Å². The SMILES string of the molecule is CC(C)(C)c1cc(CC2NC(=O)C(NC(=O)C(N)Cc3ccc(F)cc3)CCCCNC(=O)CCNC2=O)ccc1O. The fourth-order valence-electron chi connectivity index (χ4n) is 4.75. The highest BCUT2D eigenvalue weighted by molar-refractivity contribution is 5.93. The van der Waals surface area contributed by atoms with Crippen LogP contribution in [-0.4, -0.2) is 60.0 Å². The molecule has 1 heterocycles. The summed E-state index contributed by atoms with van der Waals surface area (Å²) >= 11 is 0. The van der Waals surface area contributed by atoms with Gasteiger partial charge in [-0.25, -0.2) is 4.39 Å². The highest BCUT2D eigenvalue weighted by Gasteiger charge is 2.29. The van der Waals surface area contributed by atoms with Crippen molar-refractivity contribution in [2.45, 2.75) is 82.8 Å². The molecule has 0 aliphatic carbocycles. The van der Waals surface area contributed by atoms with Crippen LogP contribution in [0.2, 0.25) is 0 Å². The average Bonchev–Trinajstić information content (AvgIpc) is 2.92. The van der Waals surface area contributed by atoms with Gasteiger partial charge in [0.1, 0.15) is 23.7 Å². The molecule has 1 aliphatic heterocycles. The maximum atomic E-state index is 13.5. The number of nitrogens with one attached hydrogen (secondary N) is 4. The largest absolute Gasteiger partial charge is 0.508 e. The van der Waals surface area contributed by atoms with Crippen LogP contribution in [0.5, 0.6) is 5.75 Å². The lowest BCUT2D eigenvalue weighted by atomic mass is 9.84. The molecule has 2 aromatic rings. The van der Waals surface area contributed by atoms with Crippen molar-refractivity contribution in [1.82, 2.24) is 21.3 Å². The molecule has 3 atom stereocenters. The van der Waals surface area contributed by atoms with Gasteiger partial charge >= 0.3 is 0 Å². The lowest BCUT2D eigenvalue weighted by molar-refractivity contribution is -0.132. The first-order valence-electron chi connectivity index (χ1n) is 14.3. The minimum Gasteiger partial charge on any atom is -0.508 e. The van der Waals surface area contributed by atoms with E-state index in [1.165, 1.54) is 12.1 Å². The number of hydrogen-bond donors (Lipinski definition) is 6. The number of phenolic OH excluding ortho intramolecular Hbond substituents is 1. The number of carbonyl (C=O) groups is 4. The topological polar surface area (TPSA) is 163 Å². The maximum Gasteiger partial charge on any atom is 0.243 e. The molecule has 3 unspecified atom stereocenters. The molecular formula is C31H42FN5O5. The van der Waals surface area contributed by atoms with E-state index in [9.17, 15) is 28.7 Å². The molecule has 2 aromatic carbocycles. The zero-order valence-corrected chi connectivity index (χ0v) is 24.5. The Morgan fingerprint density at radius 1 is 1.02 bits per heavy atom. The maximum absolute atomic E-state index is 13.5. The van der Waals surface area contributed by atoms with Gasteiger partial charge in [-0.15, -0.1) is 0 Å². The normalized spacial score (nSPS) is 20.0. The van der Waals surface area contributed by atoms with Crippen molar-refractivity contribution in [3.8, 4) is 5.75 Å². The van der Waals surface area contributed by atoms with E-state index in [0.29, 0.717) is 30.5 Å². The third kappa shape index (κ3) is 9.83. The molecule has 7 N–H and O–H groups in total. The Hall–Kier alpha value is -3.99. The molecule has 0 bridgehead atoms. The number of nitrogens with two attached hydrogens (primary N) is 1. The van der Waals surface area contributed by atoms with Crippen LogP contribution in [0, 0.1) is 5.82 Å². The van der Waals surface area contributed by atoms with E-state index in [1.54, 1.807) is 30.3 Å². The summed E-state index contributed by atoms with van der Waals surface area (Å²) in [5.74, 6) is -2.02. The second kappa shape index (κ2) is 14.8. The molecule has 0 spiro atoms. The highest BCUT2D eigenvalue weighted by atomic mass is 19.1. The number of hydrogen-bond acceptors (Lipinski definition) is 6. The summed E-state index contributed by atoms with van der Waals surface area (Å²) in [6, 6.07) is 7.75. The van der Waals surface area contributed by atoms with Crippen LogP contribution in [0.15, 0.2) is 42.5 Å². The highest BCUT2D eigenvalue weighted by Crippen LogP contribution is 2.31. The zero-order valence-electron chi connectivity index (χ0n) is 24.5. The second-order valence-electron chi connectivity index (χ2n) is 11.8. The van der Waals surface area contributed by atoms with E-state index in [1.807, 2.05) is 20.8 Å². The second-order valence-corrected chi connectivity index (χ2v) is 11.8. The van der Waals surface area contributed by atoms with Gasteiger partial charge < -0.3 is 32.1 Å². The average molecular weight is 584 g/mol. The Morgan fingerprint density at radius 2 is 1.71 bits per heavy atom. The van der Waals surface area contributed by atoms with E-state index in [2.05, 4.69) is 21.3 Å². The lowest BCUT2D eigenvalue weighted by Crippen LogP contribution is -2.56. The van der Waals surface area contributed by atoms with Crippen LogP contribution in [0.4, 0.5) is 4.39 Å². The monoisotopic (exact) mass is 583 g/mol. The Balaban J connectivity index is 1.80. The first-order chi connectivity index (χ1) is 19.8. The number of benzene rings is 2. The summed E-state index contributed by atoms with van der Waals surface area (Å²) < 4.78 is 13.3. The van der Waals surface area contributed by atoms with Crippen LogP contribution >= 0.6 is 0 Å². The summed E-state index contributed by atoms with van der Waals surface area (Å²) in [7, 11) is 0. The molecule has 4 amide bonds. The van der Waals surface area contributed by atoms with Crippen molar-refractivity contribution < 1.29 is 28.7 Å². The molecule has 1 aliphatic rings. The lowest BCUT2D eigenvalue weighted by Gasteiger charge is -2.26. The first-order valence-corrected chi connectivity index (χ1v) is 14.3. The number of halogens is 1. The number of amides is 4. The minimum atomic E-state index is -1.01. The fourth-order valence-corrected chi connectivity index (χ4v) is 4.75. The van der Waals surface area contributed by atoms with Crippen molar-refractivity contribution in [3.05, 3.63) is 65.0 Å². The molecular weight excluding hydrogens is 541 g/mol. The van der Waals surface area contributed by atoms with Gasteiger partial charge in [0, 0.05) is 25.9 Å². The molecule has 0 saturated carbocycles. The van der Waals surface area contributed by atoms with Gasteiger partial charge in [-0.3, -0.25) is 19.2 Å². The number of rotatable bonds is 6. The molecule has 228 valence electrons. The number of carbonyl (C=O) groups excluding carboxylic acids is 4. The van der Waals surface area contributed by atoms with E-state index in [-0.39, 0.29) is 49.3 Å². The molecule has 11 heteroatoms. The van der Waals surface area contributed by atoms with E-state index in [4.69, 9.17) is 5.73 Å². The van der Waals surface area contributed by atoms with Crippen LogP contribution in [-0.2, 0) is 37.4 Å². The predicted octanol–water partition coefficient (Wildman–Crippen LogP) is 1.72. The Morgan fingerprint density at radius 3 is 2.40 bits per heavy atom. The van der Waals surface area contributed by atoms with Crippen molar-refractivity contribution in [2.24, 2.45) is 5.73 Å². The van der Waals surface area contributed by atoms with Gasteiger partial charge in [0.05, 0.1) is 6.04 Å². The van der Waals surface area contributed by atoms with Crippen molar-refractivity contribution in [2.75, 3.05) is 13.1 Å². The van der Waals surface area contributed by atoms with Crippen molar-refractivity contribution in [1.29, 1.82) is 0 Å². The smallest absolute Gasteiger partial charge is 0.243 e. The standard InChI is InChI=1S/C31H42FN5O5/c1-31(2,3)22-16-20(9-12-26(22)38)18-25-29(41)35-15-13-27(39)34-14-5-4-6-24(30(42)37-25)36-28(40)23(33)17-19-7-10-21(32)11-8-19/h7-12,16,23-25,38H,4-6,13-15,17-18,33H2,1-3H3,(H,34,39)(H,35,41)(H,36,40)(H,37,42). The number of phenols is 1. The van der Waals surface area contributed by atoms with Gasteiger partial charge in [-0.05, 0) is 66.0 Å². The first kappa shape index (κ1) is 32.5. The summed E-state index contributed by atoms with van der Waals surface area (Å²) in [6.07, 6.45) is 1.75. The fraction of sp³-hybridized carbons (Fsp3) is 0.484. The van der Waals surface area contributed by atoms with Gasteiger partial charge in [0.2, 0.25) is 23.6 Å². The zero-order chi connectivity index (χ0) is 30.9. The van der Waals surface area contributed by atoms with E-state index < -0.39 is 41.7 Å². The molecule has 1 fully saturated rings. The van der Waals surface area contributed by atoms with Gasteiger partial charge in [-0.2, -0.15) is 0 Å². The molecule has 0 aromatic heterocycles. The van der Waals surface area contributed by atoms with Crippen LogP contribution < -0.4 is 27.0 Å². The third-order valence-electron chi connectivity index (χ3n) is 7.17. The van der Waals surface area contributed by atoms with Gasteiger partial charge in [-0.1, -0.05) is 45.0 Å². The molecule has 0 radical (unpaired) electrons. The minimum absolute atomic E-state index is 0.0955. The van der Waals surface area contributed by atoms with Gasteiger partial charge in [0.25, 0.3) is 0 Å². The van der Waals surface area contributed by atoms with Crippen LogP contribution in [0.25, 0.3) is 0 Å².